The number of halogens is 2. The van der Waals surface area contributed by atoms with Gasteiger partial charge < -0.3 is 19.5 Å². The third-order valence-corrected chi connectivity index (χ3v) is 6.18. The zero-order valence-electron chi connectivity index (χ0n) is 15.8. The summed E-state index contributed by atoms with van der Waals surface area (Å²) in [6.07, 6.45) is 0.282. The Bertz CT molecular complexity index is 1030. The molecule has 30 heavy (non-hydrogen) atoms. The average Bonchev–Trinajstić information content (AvgIpc) is 3.17. The van der Waals surface area contributed by atoms with Crippen molar-refractivity contribution in [3.05, 3.63) is 64.4 Å². The maximum absolute atomic E-state index is 13.9. The van der Waals surface area contributed by atoms with Crippen LogP contribution in [0.5, 0.6) is 0 Å². The Kier molecular flexibility index (Phi) is 8.05. The van der Waals surface area contributed by atoms with Crippen LogP contribution < -0.4 is 5.32 Å². The first kappa shape index (κ1) is 22.9. The van der Waals surface area contributed by atoms with E-state index in [9.17, 15) is 8.96 Å². The van der Waals surface area contributed by atoms with Crippen molar-refractivity contribution in [2.45, 2.75) is 23.9 Å². The topological polar surface area (TPSA) is 108 Å². The Balaban J connectivity index is 1.50. The molecule has 0 unspecified atom stereocenters. The number of nitrogens with one attached hydrogen (secondary N) is 1. The number of hydrogen-bond acceptors (Lipinski definition) is 6. The van der Waals surface area contributed by atoms with E-state index < -0.39 is 13.4 Å². The summed E-state index contributed by atoms with van der Waals surface area (Å²) in [7, 11) is -3.93. The van der Waals surface area contributed by atoms with Gasteiger partial charge >= 0.3 is 7.60 Å². The van der Waals surface area contributed by atoms with Crippen LogP contribution in [0, 0.1) is 5.82 Å². The molecule has 0 spiro atoms. The number of hydrogen-bond donors (Lipinski definition) is 3. The van der Waals surface area contributed by atoms with Gasteiger partial charge in [-0.2, -0.15) is 0 Å². The van der Waals surface area contributed by atoms with Crippen LogP contribution >= 0.6 is 31.0 Å². The summed E-state index contributed by atoms with van der Waals surface area (Å²) in [5, 5.41) is 11.6. The first-order valence-electron chi connectivity index (χ1n) is 9.05. The quantitative estimate of drug-likeness (QED) is 0.226. The molecule has 3 aromatic rings. The molecule has 0 amide bonds. The summed E-state index contributed by atoms with van der Waals surface area (Å²) in [5.41, 5.74) is 2.24. The van der Waals surface area contributed by atoms with Gasteiger partial charge in [0.25, 0.3) is 5.22 Å². The molecule has 0 aliphatic rings. The lowest BCUT2D eigenvalue weighted by Gasteiger charge is -2.06. The average molecular weight is 472 g/mol. The van der Waals surface area contributed by atoms with Crippen molar-refractivity contribution < 1.29 is 23.2 Å². The predicted octanol–water partition coefficient (Wildman–Crippen LogP) is 4.48. The fourth-order valence-corrected chi connectivity index (χ4v) is 4.09. The molecule has 0 aliphatic heterocycles. The molecule has 3 rings (SSSR count). The van der Waals surface area contributed by atoms with Crippen LogP contribution in [-0.4, -0.2) is 32.7 Å². The SMILES string of the molecule is O=P(O)(O)CCCNCc1ccc(-c2nnc(SCc3cccc(Cl)c3F)o2)cc1. The van der Waals surface area contributed by atoms with Crippen LogP contribution in [0.15, 0.2) is 52.1 Å². The van der Waals surface area contributed by atoms with Gasteiger partial charge in [0.2, 0.25) is 5.89 Å². The minimum absolute atomic E-state index is 0.0793. The minimum atomic E-state index is -3.93. The van der Waals surface area contributed by atoms with Gasteiger partial charge in [-0.25, -0.2) is 4.39 Å². The summed E-state index contributed by atoms with van der Waals surface area (Å²) in [4.78, 5) is 17.7. The Morgan fingerprint density at radius 2 is 1.93 bits per heavy atom. The van der Waals surface area contributed by atoms with Crippen molar-refractivity contribution in [1.29, 1.82) is 0 Å². The molecule has 0 fully saturated rings. The normalized spacial score (nSPS) is 11.7. The van der Waals surface area contributed by atoms with E-state index in [0.717, 1.165) is 11.1 Å². The largest absolute Gasteiger partial charge is 0.411 e. The highest BCUT2D eigenvalue weighted by molar-refractivity contribution is 7.98. The molecule has 0 saturated heterocycles. The lowest BCUT2D eigenvalue weighted by atomic mass is 10.1. The Hall–Kier alpha value is -1.74. The number of aromatic nitrogens is 2. The second-order valence-electron chi connectivity index (χ2n) is 6.49. The van der Waals surface area contributed by atoms with E-state index in [4.69, 9.17) is 25.8 Å². The second-order valence-corrected chi connectivity index (χ2v) is 9.60. The van der Waals surface area contributed by atoms with Crippen LogP contribution in [0.25, 0.3) is 11.5 Å². The van der Waals surface area contributed by atoms with Gasteiger partial charge in [-0.05, 0) is 42.3 Å². The van der Waals surface area contributed by atoms with Gasteiger partial charge in [-0.3, -0.25) is 4.57 Å². The molecule has 0 atom stereocenters. The van der Waals surface area contributed by atoms with Gasteiger partial charge in [0.05, 0.1) is 11.2 Å². The Morgan fingerprint density at radius 1 is 1.17 bits per heavy atom. The first-order valence-corrected chi connectivity index (χ1v) is 12.2. The number of thioether (sulfide) groups is 1. The van der Waals surface area contributed by atoms with Crippen molar-refractivity contribution in [2.24, 2.45) is 0 Å². The molecular weight excluding hydrogens is 452 g/mol. The monoisotopic (exact) mass is 471 g/mol. The highest BCUT2D eigenvalue weighted by Gasteiger charge is 2.13. The van der Waals surface area contributed by atoms with Crippen LogP contribution in [0.2, 0.25) is 5.02 Å². The third kappa shape index (κ3) is 6.91. The van der Waals surface area contributed by atoms with E-state index in [1.54, 1.807) is 12.1 Å². The molecule has 1 aromatic heterocycles. The van der Waals surface area contributed by atoms with Crippen LogP contribution in [0.3, 0.4) is 0 Å². The van der Waals surface area contributed by atoms with Crippen molar-refractivity contribution in [2.75, 3.05) is 12.7 Å². The van der Waals surface area contributed by atoms with Gasteiger partial charge in [-0.15, -0.1) is 10.2 Å². The van der Waals surface area contributed by atoms with Gasteiger partial charge in [0.15, 0.2) is 0 Å². The second kappa shape index (κ2) is 10.5. The summed E-state index contributed by atoms with van der Waals surface area (Å²) in [6.45, 7) is 1.10. The third-order valence-electron chi connectivity index (χ3n) is 4.12. The molecule has 0 saturated carbocycles. The van der Waals surface area contributed by atoms with E-state index in [-0.39, 0.29) is 11.2 Å². The summed E-state index contributed by atoms with van der Waals surface area (Å²) >= 11 is 7.01. The molecular formula is C19H20ClFN3O4PS. The molecule has 0 aliphatic carbocycles. The van der Waals surface area contributed by atoms with Gasteiger partial charge in [-0.1, -0.05) is 47.6 Å². The molecule has 11 heteroatoms. The van der Waals surface area contributed by atoms with Crippen LogP contribution in [-0.2, 0) is 16.9 Å². The maximum atomic E-state index is 13.9. The summed E-state index contributed by atoms with van der Waals surface area (Å²) < 4.78 is 30.4. The van der Waals surface area contributed by atoms with Gasteiger partial charge in [0, 0.05) is 17.9 Å². The fourth-order valence-electron chi connectivity index (χ4n) is 2.59. The highest BCUT2D eigenvalue weighted by Crippen LogP contribution is 2.34. The van der Waals surface area contributed by atoms with E-state index in [2.05, 4.69) is 15.5 Å². The van der Waals surface area contributed by atoms with E-state index in [1.807, 2.05) is 24.3 Å². The number of nitrogens with zero attached hydrogens (tertiary/aromatic N) is 2. The Labute approximate surface area is 182 Å². The van der Waals surface area contributed by atoms with Crippen LogP contribution in [0.1, 0.15) is 17.5 Å². The lowest BCUT2D eigenvalue weighted by molar-refractivity contribution is 0.371. The number of benzene rings is 2. The zero-order chi connectivity index (χ0) is 21.6. The van der Waals surface area contributed by atoms with E-state index in [1.165, 1.54) is 17.8 Å². The maximum Gasteiger partial charge on any atom is 0.325 e. The first-order chi connectivity index (χ1) is 14.3. The smallest absolute Gasteiger partial charge is 0.325 e. The van der Waals surface area contributed by atoms with Crippen molar-refractivity contribution in [1.82, 2.24) is 15.5 Å². The van der Waals surface area contributed by atoms with Crippen molar-refractivity contribution in [3.63, 3.8) is 0 Å². The summed E-state index contributed by atoms with van der Waals surface area (Å²) in [5.74, 6) is 0.239. The molecule has 7 nitrogen and oxygen atoms in total. The zero-order valence-corrected chi connectivity index (χ0v) is 18.3. The van der Waals surface area contributed by atoms with Gasteiger partial charge in [0.1, 0.15) is 5.82 Å². The molecule has 2 aromatic carbocycles. The van der Waals surface area contributed by atoms with E-state index in [0.29, 0.717) is 41.9 Å². The highest BCUT2D eigenvalue weighted by atomic mass is 35.5. The van der Waals surface area contributed by atoms with Crippen molar-refractivity contribution >= 4 is 31.0 Å². The predicted molar refractivity (Wildman–Crippen MR) is 114 cm³/mol. The molecule has 1 heterocycles. The fraction of sp³-hybridized carbons (Fsp3) is 0.263. The molecule has 0 radical (unpaired) electrons. The van der Waals surface area contributed by atoms with Crippen molar-refractivity contribution in [3.8, 4) is 11.5 Å². The molecule has 160 valence electrons. The van der Waals surface area contributed by atoms with E-state index >= 15 is 0 Å². The molecule has 0 bridgehead atoms. The standard InChI is InChI=1S/C19H20ClFN3O4PS/c20-16-4-1-3-15(17(16)21)12-30-19-24-23-18(28-19)14-7-5-13(6-8-14)11-22-9-2-10-29(25,26)27/h1,3-8,22H,2,9-12H2,(H2,25,26,27). The van der Waals surface area contributed by atoms with Crippen LogP contribution in [0.4, 0.5) is 4.39 Å². The summed E-state index contributed by atoms with van der Waals surface area (Å²) in [6, 6.07) is 12.4. The lowest BCUT2D eigenvalue weighted by Crippen LogP contribution is -2.15. The Morgan fingerprint density at radius 3 is 2.67 bits per heavy atom. The minimum Gasteiger partial charge on any atom is -0.411 e. The number of rotatable bonds is 10. The molecule has 3 N–H and O–H groups in total.